The molecule has 0 atom stereocenters. The molecule has 6 nitrogen and oxygen atoms in total. The summed E-state index contributed by atoms with van der Waals surface area (Å²) >= 11 is 0. The van der Waals surface area contributed by atoms with Crippen LogP contribution >= 0.6 is 0 Å². The van der Waals surface area contributed by atoms with E-state index in [1.54, 1.807) is 17.0 Å². The van der Waals surface area contributed by atoms with Crippen molar-refractivity contribution >= 4 is 11.8 Å². The molecule has 2 fully saturated rings. The van der Waals surface area contributed by atoms with Crippen molar-refractivity contribution in [2.75, 3.05) is 33.3 Å². The van der Waals surface area contributed by atoms with E-state index >= 15 is 0 Å². The number of amides is 2. The Morgan fingerprint density at radius 1 is 1.12 bits per heavy atom. The van der Waals surface area contributed by atoms with E-state index in [1.807, 2.05) is 4.90 Å². The molecule has 0 radical (unpaired) electrons. The van der Waals surface area contributed by atoms with Gasteiger partial charge < -0.3 is 19.6 Å². The molecule has 3 rings (SSSR count). The molecule has 2 amide bonds. The number of phenols is 1. The zero-order valence-corrected chi connectivity index (χ0v) is 15.4. The lowest BCUT2D eigenvalue weighted by Gasteiger charge is -2.35. The lowest BCUT2D eigenvalue weighted by Crippen LogP contribution is -2.50. The van der Waals surface area contributed by atoms with Crippen molar-refractivity contribution in [2.24, 2.45) is 5.92 Å². The van der Waals surface area contributed by atoms with Crippen molar-refractivity contribution in [1.82, 2.24) is 9.80 Å². The van der Waals surface area contributed by atoms with E-state index in [9.17, 15) is 14.7 Å². The third kappa shape index (κ3) is 4.29. The van der Waals surface area contributed by atoms with Gasteiger partial charge in [-0.05, 0) is 24.5 Å². The zero-order chi connectivity index (χ0) is 18.5. The van der Waals surface area contributed by atoms with Crippen molar-refractivity contribution in [3.8, 4) is 11.5 Å². The number of aromatic hydroxyl groups is 1. The predicted octanol–water partition coefficient (Wildman–Crippen LogP) is 2.66. The minimum absolute atomic E-state index is 0.0792. The number of hydrogen-bond donors (Lipinski definition) is 1. The number of nitrogens with zero attached hydrogens (tertiary/aromatic N) is 2. The van der Waals surface area contributed by atoms with Crippen LogP contribution in [-0.2, 0) is 4.79 Å². The smallest absolute Gasteiger partial charge is 0.257 e. The van der Waals surface area contributed by atoms with Crippen LogP contribution in [0.15, 0.2) is 18.2 Å². The maximum atomic E-state index is 12.6. The van der Waals surface area contributed by atoms with Crippen molar-refractivity contribution in [3.05, 3.63) is 23.8 Å². The van der Waals surface area contributed by atoms with Crippen LogP contribution in [0.5, 0.6) is 11.5 Å². The molecule has 1 aromatic rings. The van der Waals surface area contributed by atoms with E-state index < -0.39 is 0 Å². The zero-order valence-electron chi connectivity index (χ0n) is 15.4. The number of methoxy groups -OCH3 is 1. The number of rotatable bonds is 5. The lowest BCUT2D eigenvalue weighted by molar-refractivity contribution is -0.133. The van der Waals surface area contributed by atoms with Gasteiger partial charge in [0.05, 0.1) is 12.7 Å². The highest BCUT2D eigenvalue weighted by Gasteiger charge is 2.26. The molecule has 1 heterocycles. The SMILES string of the molecule is COc1ccc(C(=O)N2CCN(C(=O)CCC3CCCC3)CC2)c(O)c1. The molecule has 1 saturated carbocycles. The molecule has 0 unspecified atom stereocenters. The van der Waals surface area contributed by atoms with E-state index in [4.69, 9.17) is 4.74 Å². The second-order valence-corrected chi connectivity index (χ2v) is 7.25. The first-order valence-corrected chi connectivity index (χ1v) is 9.52. The normalized spacial score (nSPS) is 18.2. The minimum Gasteiger partial charge on any atom is -0.507 e. The second kappa shape index (κ2) is 8.43. The Kier molecular flexibility index (Phi) is 6.01. The van der Waals surface area contributed by atoms with E-state index in [2.05, 4.69) is 0 Å². The van der Waals surface area contributed by atoms with Gasteiger partial charge in [0.2, 0.25) is 5.91 Å². The van der Waals surface area contributed by atoms with Crippen LogP contribution in [0.3, 0.4) is 0 Å². The van der Waals surface area contributed by atoms with Crippen LogP contribution in [0, 0.1) is 5.92 Å². The summed E-state index contributed by atoms with van der Waals surface area (Å²) in [6.45, 7) is 2.12. The summed E-state index contributed by atoms with van der Waals surface area (Å²) in [6, 6.07) is 4.68. The summed E-state index contributed by atoms with van der Waals surface area (Å²) in [5.74, 6) is 1.15. The Hall–Kier alpha value is -2.24. The molecule has 1 aromatic carbocycles. The highest BCUT2D eigenvalue weighted by molar-refractivity contribution is 5.97. The highest BCUT2D eigenvalue weighted by Crippen LogP contribution is 2.29. The quantitative estimate of drug-likeness (QED) is 0.876. The van der Waals surface area contributed by atoms with Gasteiger partial charge in [0, 0.05) is 38.7 Å². The summed E-state index contributed by atoms with van der Waals surface area (Å²) in [7, 11) is 1.51. The molecule has 1 saturated heterocycles. The third-order valence-electron chi connectivity index (χ3n) is 5.60. The Balaban J connectivity index is 1.49. The van der Waals surface area contributed by atoms with Crippen LogP contribution in [0.1, 0.15) is 48.9 Å². The molecule has 1 aliphatic heterocycles. The summed E-state index contributed by atoms with van der Waals surface area (Å²) in [6.07, 6.45) is 6.76. The molecule has 142 valence electrons. The topological polar surface area (TPSA) is 70.1 Å². The van der Waals surface area contributed by atoms with Crippen LogP contribution in [0.25, 0.3) is 0 Å². The Morgan fingerprint density at radius 2 is 1.77 bits per heavy atom. The second-order valence-electron chi connectivity index (χ2n) is 7.25. The number of benzene rings is 1. The van der Waals surface area contributed by atoms with Crippen LogP contribution < -0.4 is 4.74 Å². The van der Waals surface area contributed by atoms with E-state index in [-0.39, 0.29) is 23.1 Å². The monoisotopic (exact) mass is 360 g/mol. The van der Waals surface area contributed by atoms with Crippen molar-refractivity contribution in [2.45, 2.75) is 38.5 Å². The fourth-order valence-electron chi connectivity index (χ4n) is 3.93. The average Bonchev–Trinajstić information content (AvgIpc) is 3.19. The molecular formula is C20H28N2O4. The van der Waals surface area contributed by atoms with Gasteiger partial charge in [-0.3, -0.25) is 9.59 Å². The molecule has 2 aliphatic rings. The van der Waals surface area contributed by atoms with Gasteiger partial charge in [0.1, 0.15) is 11.5 Å². The van der Waals surface area contributed by atoms with Gasteiger partial charge in [-0.15, -0.1) is 0 Å². The molecule has 0 aromatic heterocycles. The van der Waals surface area contributed by atoms with Crippen molar-refractivity contribution in [3.63, 3.8) is 0 Å². The maximum absolute atomic E-state index is 12.6. The van der Waals surface area contributed by atoms with E-state index in [0.29, 0.717) is 38.3 Å². The van der Waals surface area contributed by atoms with Crippen LogP contribution in [0.2, 0.25) is 0 Å². The lowest BCUT2D eigenvalue weighted by atomic mass is 10.0. The molecule has 26 heavy (non-hydrogen) atoms. The first kappa shape index (κ1) is 18.5. The number of ether oxygens (including phenoxy) is 1. The van der Waals surface area contributed by atoms with Crippen molar-refractivity contribution < 1.29 is 19.4 Å². The molecule has 6 heteroatoms. The number of carbonyl (C=O) groups excluding carboxylic acids is 2. The summed E-state index contributed by atoms with van der Waals surface area (Å²) in [4.78, 5) is 28.6. The van der Waals surface area contributed by atoms with Crippen molar-refractivity contribution in [1.29, 1.82) is 0 Å². The molecule has 1 aliphatic carbocycles. The third-order valence-corrected chi connectivity index (χ3v) is 5.60. The summed E-state index contributed by atoms with van der Waals surface area (Å²) in [5.41, 5.74) is 0.270. The van der Waals surface area contributed by atoms with Gasteiger partial charge in [-0.1, -0.05) is 25.7 Å². The summed E-state index contributed by atoms with van der Waals surface area (Å²) < 4.78 is 5.05. The largest absolute Gasteiger partial charge is 0.507 e. The Bertz CT molecular complexity index is 647. The first-order chi connectivity index (χ1) is 12.6. The molecule has 0 spiro atoms. The molecular weight excluding hydrogens is 332 g/mol. The van der Waals surface area contributed by atoms with E-state index in [0.717, 1.165) is 12.3 Å². The molecule has 0 bridgehead atoms. The Morgan fingerprint density at radius 3 is 2.38 bits per heavy atom. The number of hydrogen-bond acceptors (Lipinski definition) is 4. The fraction of sp³-hybridized carbons (Fsp3) is 0.600. The van der Waals surface area contributed by atoms with Crippen LogP contribution in [-0.4, -0.2) is 60.0 Å². The van der Waals surface area contributed by atoms with Gasteiger partial charge in [-0.25, -0.2) is 0 Å². The van der Waals surface area contributed by atoms with Gasteiger partial charge in [0.25, 0.3) is 5.91 Å². The predicted molar refractivity (Wildman–Crippen MR) is 98.3 cm³/mol. The number of carbonyl (C=O) groups is 2. The average molecular weight is 360 g/mol. The fourth-order valence-corrected chi connectivity index (χ4v) is 3.93. The maximum Gasteiger partial charge on any atom is 0.257 e. The van der Waals surface area contributed by atoms with Crippen LogP contribution in [0.4, 0.5) is 0 Å². The highest BCUT2D eigenvalue weighted by atomic mass is 16.5. The summed E-state index contributed by atoms with van der Waals surface area (Å²) in [5, 5.41) is 10.0. The minimum atomic E-state index is -0.205. The Labute approximate surface area is 154 Å². The van der Waals surface area contributed by atoms with Gasteiger partial charge in [0.15, 0.2) is 0 Å². The van der Waals surface area contributed by atoms with E-state index in [1.165, 1.54) is 38.9 Å². The first-order valence-electron chi connectivity index (χ1n) is 9.52. The number of phenolic OH excluding ortho intramolecular Hbond substituents is 1. The van der Waals surface area contributed by atoms with Gasteiger partial charge in [-0.2, -0.15) is 0 Å². The standard InChI is InChI=1S/C20H28N2O4/c1-26-16-7-8-17(18(23)14-16)20(25)22-12-10-21(11-13-22)19(24)9-6-15-4-2-3-5-15/h7-8,14-15,23H,2-6,9-13H2,1H3. The molecule has 1 N–H and O–H groups in total. The number of piperazine rings is 1. The van der Waals surface area contributed by atoms with Gasteiger partial charge >= 0.3 is 0 Å².